The largest absolute Gasteiger partial charge is 0.349 e. The highest BCUT2D eigenvalue weighted by Gasteiger charge is 2.17. The summed E-state index contributed by atoms with van der Waals surface area (Å²) in [5, 5.41) is 9.78. The van der Waals surface area contributed by atoms with Gasteiger partial charge in [0, 0.05) is 11.6 Å². The van der Waals surface area contributed by atoms with E-state index in [2.05, 4.69) is 27.6 Å². The number of nitrogens with one attached hydrogen (secondary N) is 2. The van der Waals surface area contributed by atoms with Crippen molar-refractivity contribution in [2.45, 2.75) is 25.8 Å². The summed E-state index contributed by atoms with van der Waals surface area (Å²) < 4.78 is 13.1. The number of amides is 1. The summed E-state index contributed by atoms with van der Waals surface area (Å²) in [5.74, 6) is -0.502. The highest BCUT2D eigenvalue weighted by molar-refractivity contribution is 5.99. The van der Waals surface area contributed by atoms with Crippen LogP contribution in [0.3, 0.4) is 0 Å². The summed E-state index contributed by atoms with van der Waals surface area (Å²) in [6, 6.07) is 16.2. The van der Waals surface area contributed by atoms with Gasteiger partial charge in [-0.15, -0.1) is 0 Å². The van der Waals surface area contributed by atoms with E-state index >= 15 is 0 Å². The van der Waals surface area contributed by atoms with E-state index in [0.717, 1.165) is 18.4 Å². The molecule has 4 nitrogen and oxygen atoms in total. The molecule has 1 amide bonds. The lowest BCUT2D eigenvalue weighted by Crippen LogP contribution is -2.33. The minimum Gasteiger partial charge on any atom is -0.349 e. The molecule has 3 rings (SSSR count). The predicted molar refractivity (Wildman–Crippen MR) is 95.7 cm³/mol. The molecule has 0 bridgehead atoms. The first kappa shape index (κ1) is 16.9. The zero-order valence-corrected chi connectivity index (χ0v) is 14.0. The van der Waals surface area contributed by atoms with Crippen LogP contribution >= 0.6 is 0 Å². The van der Waals surface area contributed by atoms with Gasteiger partial charge in [-0.25, -0.2) is 4.39 Å². The van der Waals surface area contributed by atoms with Crippen molar-refractivity contribution in [1.29, 1.82) is 0 Å². The molecule has 1 aromatic heterocycles. The van der Waals surface area contributed by atoms with Crippen LogP contribution in [0.2, 0.25) is 0 Å². The Morgan fingerprint density at radius 3 is 2.60 bits per heavy atom. The Balaban J connectivity index is 1.63. The van der Waals surface area contributed by atoms with E-state index in [1.165, 1.54) is 23.9 Å². The Morgan fingerprint density at radius 2 is 1.88 bits per heavy atom. The first-order chi connectivity index (χ1) is 12.1. The minimum absolute atomic E-state index is 0.0312. The molecule has 25 heavy (non-hydrogen) atoms. The number of halogens is 1. The van der Waals surface area contributed by atoms with Crippen LogP contribution < -0.4 is 5.32 Å². The average molecular weight is 337 g/mol. The molecule has 0 aliphatic rings. The van der Waals surface area contributed by atoms with Crippen LogP contribution in [0.15, 0.2) is 60.8 Å². The van der Waals surface area contributed by atoms with E-state index in [-0.39, 0.29) is 17.8 Å². The molecule has 1 atom stereocenters. The molecular formula is C20H20FN3O. The van der Waals surface area contributed by atoms with Gasteiger partial charge >= 0.3 is 0 Å². The molecule has 0 radical (unpaired) electrons. The van der Waals surface area contributed by atoms with E-state index in [1.807, 2.05) is 25.1 Å². The van der Waals surface area contributed by atoms with Crippen LogP contribution in [-0.4, -0.2) is 22.1 Å². The second kappa shape index (κ2) is 7.75. The number of nitrogens with zero attached hydrogens (tertiary/aromatic N) is 1. The molecule has 0 saturated carbocycles. The van der Waals surface area contributed by atoms with Crippen molar-refractivity contribution >= 4 is 5.91 Å². The van der Waals surface area contributed by atoms with E-state index < -0.39 is 0 Å². The molecule has 0 spiro atoms. The lowest BCUT2D eigenvalue weighted by atomic mass is 10.0. The summed E-state index contributed by atoms with van der Waals surface area (Å²) in [7, 11) is 0. The molecule has 1 unspecified atom stereocenters. The Morgan fingerprint density at radius 1 is 1.16 bits per heavy atom. The fourth-order valence-corrected chi connectivity index (χ4v) is 2.70. The Hall–Kier alpha value is -2.95. The summed E-state index contributed by atoms with van der Waals surface area (Å²) in [4.78, 5) is 12.5. The topological polar surface area (TPSA) is 57.8 Å². The normalized spacial score (nSPS) is 11.9. The molecule has 5 heteroatoms. The maximum atomic E-state index is 13.1. The van der Waals surface area contributed by atoms with Crippen molar-refractivity contribution in [3.8, 4) is 11.3 Å². The van der Waals surface area contributed by atoms with Gasteiger partial charge < -0.3 is 5.32 Å². The molecule has 2 aromatic carbocycles. The molecule has 128 valence electrons. The summed E-state index contributed by atoms with van der Waals surface area (Å²) in [6.07, 6.45) is 3.25. The van der Waals surface area contributed by atoms with Gasteiger partial charge in [-0.1, -0.05) is 30.3 Å². The molecule has 0 saturated heterocycles. The SMILES string of the molecule is CC(CCc1ccccc1)NC(=O)c1cn[nH]c1-c1ccc(F)cc1. The van der Waals surface area contributed by atoms with Crippen molar-refractivity contribution in [3.63, 3.8) is 0 Å². The van der Waals surface area contributed by atoms with Gasteiger partial charge in [0.1, 0.15) is 5.82 Å². The minimum atomic E-state index is -0.316. The van der Waals surface area contributed by atoms with Gasteiger partial charge in [-0.3, -0.25) is 9.89 Å². The fourth-order valence-electron chi connectivity index (χ4n) is 2.70. The number of aryl methyl sites for hydroxylation is 1. The summed E-state index contributed by atoms with van der Waals surface area (Å²) in [6.45, 7) is 1.98. The van der Waals surface area contributed by atoms with Crippen LogP contribution in [-0.2, 0) is 6.42 Å². The van der Waals surface area contributed by atoms with Gasteiger partial charge in [0.15, 0.2) is 0 Å². The van der Waals surface area contributed by atoms with Crippen molar-refractivity contribution in [1.82, 2.24) is 15.5 Å². The lowest BCUT2D eigenvalue weighted by Gasteiger charge is -2.14. The van der Waals surface area contributed by atoms with Crippen molar-refractivity contribution in [2.75, 3.05) is 0 Å². The van der Waals surface area contributed by atoms with Crippen LogP contribution in [0, 0.1) is 5.82 Å². The second-order valence-electron chi connectivity index (χ2n) is 6.06. The second-order valence-corrected chi connectivity index (χ2v) is 6.06. The molecule has 0 aliphatic carbocycles. The zero-order valence-electron chi connectivity index (χ0n) is 14.0. The molecule has 3 aromatic rings. The first-order valence-electron chi connectivity index (χ1n) is 8.27. The maximum Gasteiger partial charge on any atom is 0.255 e. The Bertz CT molecular complexity index is 828. The number of benzene rings is 2. The van der Waals surface area contributed by atoms with Gasteiger partial charge in [-0.2, -0.15) is 5.10 Å². The van der Waals surface area contributed by atoms with E-state index in [4.69, 9.17) is 0 Å². The number of hydrogen-bond donors (Lipinski definition) is 2. The Labute approximate surface area is 146 Å². The Kier molecular flexibility index (Phi) is 5.23. The fraction of sp³-hybridized carbons (Fsp3) is 0.200. The van der Waals surface area contributed by atoms with Crippen LogP contribution in [0.25, 0.3) is 11.3 Å². The third-order valence-corrected chi connectivity index (χ3v) is 4.10. The number of hydrogen-bond acceptors (Lipinski definition) is 2. The van der Waals surface area contributed by atoms with Gasteiger partial charge in [0.25, 0.3) is 5.91 Å². The lowest BCUT2D eigenvalue weighted by molar-refractivity contribution is 0.0939. The van der Waals surface area contributed by atoms with E-state index in [0.29, 0.717) is 11.3 Å². The highest BCUT2D eigenvalue weighted by Crippen LogP contribution is 2.21. The number of carbonyl (C=O) groups is 1. The number of aromatic nitrogens is 2. The molecule has 0 aliphatic heterocycles. The van der Waals surface area contributed by atoms with Crippen molar-refractivity contribution in [3.05, 3.63) is 77.7 Å². The van der Waals surface area contributed by atoms with E-state index in [9.17, 15) is 9.18 Å². The van der Waals surface area contributed by atoms with Crippen molar-refractivity contribution in [2.24, 2.45) is 0 Å². The quantitative estimate of drug-likeness (QED) is 0.715. The average Bonchev–Trinajstić information content (AvgIpc) is 3.11. The van der Waals surface area contributed by atoms with E-state index in [1.54, 1.807) is 12.1 Å². The standard InChI is InChI=1S/C20H20FN3O/c1-14(7-8-15-5-3-2-4-6-15)23-20(25)18-13-22-24-19(18)16-9-11-17(21)12-10-16/h2-6,9-14H,7-8H2,1H3,(H,22,24)(H,23,25). The zero-order chi connectivity index (χ0) is 17.6. The number of rotatable bonds is 6. The number of carbonyl (C=O) groups excluding carboxylic acids is 1. The van der Waals surface area contributed by atoms with Crippen molar-refractivity contribution < 1.29 is 9.18 Å². The third-order valence-electron chi connectivity index (χ3n) is 4.10. The number of aromatic amines is 1. The predicted octanol–water partition coefficient (Wildman–Crippen LogP) is 3.97. The smallest absolute Gasteiger partial charge is 0.255 e. The van der Waals surface area contributed by atoms with Gasteiger partial charge in [0.2, 0.25) is 0 Å². The molecule has 1 heterocycles. The molecule has 2 N–H and O–H groups in total. The highest BCUT2D eigenvalue weighted by atomic mass is 19.1. The van der Waals surface area contributed by atoms with Gasteiger partial charge in [-0.05, 0) is 49.6 Å². The molecular weight excluding hydrogens is 317 g/mol. The summed E-state index contributed by atoms with van der Waals surface area (Å²) in [5.41, 5.74) is 3.02. The van der Waals surface area contributed by atoms with Crippen LogP contribution in [0.1, 0.15) is 29.3 Å². The number of H-pyrrole nitrogens is 1. The van der Waals surface area contributed by atoms with Crippen LogP contribution in [0.5, 0.6) is 0 Å². The van der Waals surface area contributed by atoms with Crippen LogP contribution in [0.4, 0.5) is 4.39 Å². The maximum absolute atomic E-state index is 13.1. The summed E-state index contributed by atoms with van der Waals surface area (Å²) >= 11 is 0. The third kappa shape index (κ3) is 4.32. The monoisotopic (exact) mass is 337 g/mol. The first-order valence-corrected chi connectivity index (χ1v) is 8.27. The molecule has 0 fully saturated rings. The van der Waals surface area contributed by atoms with Gasteiger partial charge in [0.05, 0.1) is 17.5 Å².